The summed E-state index contributed by atoms with van der Waals surface area (Å²) in [6.07, 6.45) is 1.59. The van der Waals surface area contributed by atoms with E-state index in [0.29, 0.717) is 43.4 Å². The van der Waals surface area contributed by atoms with Crippen LogP contribution in [0, 0.1) is 0 Å². The van der Waals surface area contributed by atoms with Crippen LogP contribution in [0.4, 0.5) is 0 Å². The molecular weight excluding hydrogens is 556 g/mol. The maximum atomic E-state index is 13.8. The minimum absolute atomic E-state index is 0.0467. The smallest absolute Gasteiger partial charge is 0.338 e. The number of hydrogen-bond acceptors (Lipinski definition) is 8. The maximum absolute atomic E-state index is 13.8. The fourth-order valence-corrected chi connectivity index (χ4v) is 5.76. The monoisotopic (exact) mass is 578 g/mol. The number of carboxylic acids is 1. The number of carboxylic acid groups (broad SMARTS) is 1. The van der Waals surface area contributed by atoms with Gasteiger partial charge in [-0.15, -0.1) is 0 Å². The van der Waals surface area contributed by atoms with Crippen LogP contribution in [0.3, 0.4) is 0 Å². The summed E-state index contributed by atoms with van der Waals surface area (Å²) in [7, 11) is 1.53. The molecule has 1 N–H and O–H groups in total. The molecule has 204 valence electrons. The first-order valence-electron chi connectivity index (χ1n) is 12.2. The van der Waals surface area contributed by atoms with Gasteiger partial charge in [0.25, 0.3) is 5.56 Å². The fourth-order valence-electron chi connectivity index (χ4n) is 4.54. The van der Waals surface area contributed by atoms with Gasteiger partial charge in [0, 0.05) is 17.2 Å². The molecule has 5 rings (SSSR count). The number of ether oxygens (including phenoxy) is 2. The van der Waals surface area contributed by atoms with Crippen LogP contribution in [0.15, 0.2) is 80.1 Å². The van der Waals surface area contributed by atoms with Crippen LogP contribution in [0.25, 0.3) is 17.4 Å². The number of para-hydroxylation sites is 1. The van der Waals surface area contributed by atoms with Crippen molar-refractivity contribution in [1.29, 1.82) is 0 Å². The quantitative estimate of drug-likeness (QED) is 0.322. The molecule has 2 aromatic heterocycles. The number of thiazole rings is 1. The molecule has 4 aromatic rings. The van der Waals surface area contributed by atoms with Gasteiger partial charge < -0.3 is 19.0 Å². The zero-order valence-corrected chi connectivity index (χ0v) is 23.2. The number of benzene rings is 2. The summed E-state index contributed by atoms with van der Waals surface area (Å²) in [5.74, 6) is -0.416. The Balaban J connectivity index is 1.64. The summed E-state index contributed by atoms with van der Waals surface area (Å²) in [4.78, 5) is 43.3. The van der Waals surface area contributed by atoms with Crippen molar-refractivity contribution in [2.24, 2.45) is 4.99 Å². The molecule has 0 saturated carbocycles. The lowest BCUT2D eigenvalue weighted by Crippen LogP contribution is -2.40. The number of nitrogens with zero attached hydrogens (tertiary/aromatic N) is 2. The van der Waals surface area contributed by atoms with Gasteiger partial charge in [-0.2, -0.15) is 0 Å². The first-order chi connectivity index (χ1) is 19.2. The summed E-state index contributed by atoms with van der Waals surface area (Å²) in [5, 5.41) is 9.50. The van der Waals surface area contributed by atoms with Gasteiger partial charge in [-0.3, -0.25) is 9.36 Å². The van der Waals surface area contributed by atoms with E-state index in [1.807, 2.05) is 6.07 Å². The highest BCUT2D eigenvalue weighted by molar-refractivity contribution is 7.07. The van der Waals surface area contributed by atoms with E-state index in [4.69, 9.17) is 25.5 Å². The minimum Gasteiger partial charge on any atom is -0.496 e. The topological polar surface area (TPSA) is 120 Å². The number of esters is 1. The Morgan fingerprint density at radius 3 is 2.70 bits per heavy atom. The number of carbonyl (C=O) groups is 2. The lowest BCUT2D eigenvalue weighted by Gasteiger charge is -2.25. The minimum atomic E-state index is -1.15. The Hall–Kier alpha value is -4.41. The van der Waals surface area contributed by atoms with Gasteiger partial charge in [-0.25, -0.2) is 14.6 Å². The maximum Gasteiger partial charge on any atom is 0.338 e. The molecule has 0 radical (unpaired) electrons. The van der Waals surface area contributed by atoms with E-state index >= 15 is 0 Å². The summed E-state index contributed by atoms with van der Waals surface area (Å²) in [5.41, 5.74) is 1.42. The molecule has 0 bridgehead atoms. The number of furan rings is 1. The predicted molar refractivity (Wildman–Crippen MR) is 150 cm³/mol. The molecule has 0 fully saturated rings. The molecule has 40 heavy (non-hydrogen) atoms. The molecule has 1 aliphatic heterocycles. The van der Waals surface area contributed by atoms with Gasteiger partial charge in [-0.1, -0.05) is 41.1 Å². The van der Waals surface area contributed by atoms with Crippen LogP contribution in [0.5, 0.6) is 5.75 Å². The molecule has 3 heterocycles. The molecule has 11 heteroatoms. The average molecular weight is 579 g/mol. The first-order valence-corrected chi connectivity index (χ1v) is 13.4. The lowest BCUT2D eigenvalue weighted by atomic mass is 9.95. The Morgan fingerprint density at radius 2 is 1.98 bits per heavy atom. The van der Waals surface area contributed by atoms with Crippen LogP contribution in [-0.2, 0) is 9.53 Å². The number of fused-ring (bicyclic) bond motifs is 1. The molecule has 1 aliphatic rings. The molecule has 0 saturated heterocycles. The number of halogens is 1. The third-order valence-electron chi connectivity index (χ3n) is 6.33. The number of aromatic nitrogens is 1. The second-order valence-corrected chi connectivity index (χ2v) is 10.2. The van der Waals surface area contributed by atoms with Crippen molar-refractivity contribution in [3.8, 4) is 17.1 Å². The van der Waals surface area contributed by atoms with E-state index in [1.165, 1.54) is 23.8 Å². The first kappa shape index (κ1) is 27.2. The molecular formula is C29H23ClN2O7S. The molecule has 1 atom stereocenters. The van der Waals surface area contributed by atoms with Crippen LogP contribution in [-0.4, -0.2) is 35.3 Å². The Labute approximate surface area is 236 Å². The van der Waals surface area contributed by atoms with Crippen LogP contribution < -0.4 is 19.6 Å². The molecule has 9 nitrogen and oxygen atoms in total. The van der Waals surface area contributed by atoms with E-state index in [2.05, 4.69) is 4.99 Å². The summed E-state index contributed by atoms with van der Waals surface area (Å²) in [6, 6.07) is 14.3. The zero-order chi connectivity index (χ0) is 28.6. The van der Waals surface area contributed by atoms with Crippen molar-refractivity contribution in [1.82, 2.24) is 4.57 Å². The average Bonchev–Trinajstić information content (AvgIpc) is 3.52. The standard InChI is InChI=1S/C29H23ClN2O7S/c1-4-38-28(36)24-15(2)31-29-32(25(24)18-7-5-6-8-22(18)37-3)26(33)23(40-29)14-17-10-12-21(39-17)16-9-11-20(30)19(13-16)27(34)35/h5-14,25H,4H2,1-3H3,(H,34,35)/b23-14-/t25-/m0/s1. The summed E-state index contributed by atoms with van der Waals surface area (Å²) < 4.78 is 18.6. The second kappa shape index (κ2) is 11.0. The van der Waals surface area contributed by atoms with Gasteiger partial charge in [0.2, 0.25) is 0 Å². The molecule has 0 unspecified atom stereocenters. The van der Waals surface area contributed by atoms with Gasteiger partial charge in [-0.05, 0) is 50.2 Å². The molecule has 0 spiro atoms. The molecule has 2 aromatic carbocycles. The van der Waals surface area contributed by atoms with Gasteiger partial charge in [0.05, 0.1) is 40.1 Å². The number of carbonyl (C=O) groups excluding carboxylic acids is 1. The number of aromatic carboxylic acids is 1. The van der Waals surface area contributed by atoms with E-state index in [9.17, 15) is 19.5 Å². The Morgan fingerprint density at radius 1 is 1.20 bits per heavy atom. The number of rotatable bonds is 7. The third kappa shape index (κ3) is 4.87. The SMILES string of the molecule is CCOC(=O)C1=C(C)N=c2s/c(=C\c3ccc(-c4ccc(Cl)c(C(=O)O)c4)o3)c(=O)n2[C@H]1c1ccccc1OC. The van der Waals surface area contributed by atoms with Crippen molar-refractivity contribution < 1.29 is 28.6 Å². The second-order valence-electron chi connectivity index (χ2n) is 8.75. The predicted octanol–water partition coefficient (Wildman–Crippen LogP) is 4.42. The molecule has 0 aliphatic carbocycles. The van der Waals surface area contributed by atoms with Gasteiger partial charge in [0.15, 0.2) is 4.80 Å². The van der Waals surface area contributed by atoms with Gasteiger partial charge >= 0.3 is 11.9 Å². The van der Waals surface area contributed by atoms with Gasteiger partial charge in [0.1, 0.15) is 23.3 Å². The van der Waals surface area contributed by atoms with E-state index in [-0.39, 0.29) is 28.3 Å². The fraction of sp³-hybridized carbons (Fsp3) is 0.172. The Bertz CT molecular complexity index is 1870. The molecule has 0 amide bonds. The number of hydrogen-bond donors (Lipinski definition) is 1. The zero-order valence-electron chi connectivity index (χ0n) is 21.6. The van der Waals surface area contributed by atoms with Crippen molar-refractivity contribution in [2.75, 3.05) is 13.7 Å². The van der Waals surface area contributed by atoms with Crippen molar-refractivity contribution >= 4 is 41.0 Å². The normalized spacial score (nSPS) is 15.0. The summed E-state index contributed by atoms with van der Waals surface area (Å²) >= 11 is 7.15. The van der Waals surface area contributed by atoms with E-state index in [1.54, 1.807) is 56.3 Å². The van der Waals surface area contributed by atoms with Crippen molar-refractivity contribution in [3.05, 3.63) is 107 Å². The van der Waals surface area contributed by atoms with Crippen LogP contribution in [0.1, 0.15) is 41.6 Å². The summed E-state index contributed by atoms with van der Waals surface area (Å²) in [6.45, 7) is 3.59. The van der Waals surface area contributed by atoms with E-state index in [0.717, 1.165) is 11.3 Å². The van der Waals surface area contributed by atoms with Crippen molar-refractivity contribution in [2.45, 2.75) is 19.9 Å². The highest BCUT2D eigenvalue weighted by Crippen LogP contribution is 2.35. The van der Waals surface area contributed by atoms with E-state index < -0.39 is 18.0 Å². The third-order valence-corrected chi connectivity index (χ3v) is 7.64. The Kier molecular flexibility index (Phi) is 7.46. The highest BCUT2D eigenvalue weighted by Gasteiger charge is 2.35. The lowest BCUT2D eigenvalue weighted by molar-refractivity contribution is -0.139. The largest absolute Gasteiger partial charge is 0.496 e. The number of allylic oxidation sites excluding steroid dienone is 1. The number of methoxy groups -OCH3 is 1. The van der Waals surface area contributed by atoms with Crippen LogP contribution >= 0.6 is 22.9 Å². The van der Waals surface area contributed by atoms with Crippen molar-refractivity contribution in [3.63, 3.8) is 0 Å². The highest BCUT2D eigenvalue weighted by atomic mass is 35.5. The van der Waals surface area contributed by atoms with Crippen LogP contribution in [0.2, 0.25) is 5.02 Å².